The van der Waals surface area contributed by atoms with Crippen LogP contribution in [0.4, 0.5) is 5.95 Å². The third-order valence-electron chi connectivity index (χ3n) is 4.95. The number of hydrogen-bond acceptors (Lipinski definition) is 7. The van der Waals surface area contributed by atoms with E-state index in [1.165, 1.54) is 6.33 Å². The Balaban J connectivity index is 1.40. The topological polar surface area (TPSA) is 84.3 Å². The Morgan fingerprint density at radius 3 is 2.46 bits per heavy atom. The first-order valence-electron chi connectivity index (χ1n) is 9.02. The fourth-order valence-corrected chi connectivity index (χ4v) is 3.43. The Morgan fingerprint density at radius 1 is 1.00 bits per heavy atom. The number of nitrogens with zero attached hydrogens (tertiary/aromatic N) is 6. The summed E-state index contributed by atoms with van der Waals surface area (Å²) in [7, 11) is 0. The maximum absolute atomic E-state index is 12.8. The number of aromatic nitrogens is 4. The van der Waals surface area contributed by atoms with E-state index in [0.717, 1.165) is 31.7 Å². The number of rotatable bonds is 3. The molecule has 0 bridgehead atoms. The van der Waals surface area contributed by atoms with Crippen LogP contribution in [0.2, 0.25) is 0 Å². The summed E-state index contributed by atoms with van der Waals surface area (Å²) in [6, 6.07) is 3.65. The SMILES string of the molecule is O=C(c1cc(C2CCOCC2)ncn1)N1CCN(c2ncccn2)CC1. The number of anilines is 1. The Hall–Kier alpha value is -2.61. The molecule has 0 aliphatic carbocycles. The Morgan fingerprint density at radius 2 is 1.73 bits per heavy atom. The molecule has 2 fully saturated rings. The predicted octanol–water partition coefficient (Wildman–Crippen LogP) is 1.12. The van der Waals surface area contributed by atoms with E-state index < -0.39 is 0 Å². The average molecular weight is 354 g/mol. The highest BCUT2D eigenvalue weighted by Gasteiger charge is 2.25. The number of piperazine rings is 1. The predicted molar refractivity (Wildman–Crippen MR) is 95.0 cm³/mol. The molecule has 26 heavy (non-hydrogen) atoms. The monoisotopic (exact) mass is 354 g/mol. The molecule has 8 heteroatoms. The second kappa shape index (κ2) is 7.74. The fourth-order valence-electron chi connectivity index (χ4n) is 3.43. The van der Waals surface area contributed by atoms with E-state index in [1.807, 2.05) is 11.0 Å². The largest absolute Gasteiger partial charge is 0.381 e. The van der Waals surface area contributed by atoms with Gasteiger partial charge in [0.05, 0.1) is 0 Å². The number of hydrogen-bond donors (Lipinski definition) is 0. The van der Waals surface area contributed by atoms with Crippen LogP contribution >= 0.6 is 0 Å². The van der Waals surface area contributed by atoms with E-state index in [0.29, 0.717) is 43.7 Å². The van der Waals surface area contributed by atoms with Gasteiger partial charge < -0.3 is 14.5 Å². The fraction of sp³-hybridized carbons (Fsp3) is 0.500. The standard InChI is InChI=1S/C18H22N6O2/c25-17(16-12-15(21-13-22-16)14-2-10-26-11-3-14)23-6-8-24(9-7-23)18-19-4-1-5-20-18/h1,4-5,12-14H,2-3,6-11H2. The summed E-state index contributed by atoms with van der Waals surface area (Å²) in [6.07, 6.45) is 6.87. The molecule has 8 nitrogen and oxygen atoms in total. The zero-order valence-corrected chi connectivity index (χ0v) is 14.6. The van der Waals surface area contributed by atoms with E-state index in [1.54, 1.807) is 18.5 Å². The summed E-state index contributed by atoms with van der Waals surface area (Å²) in [5.41, 5.74) is 1.42. The van der Waals surface area contributed by atoms with Crippen LogP contribution in [0.1, 0.15) is 34.9 Å². The van der Waals surface area contributed by atoms with Gasteiger partial charge >= 0.3 is 0 Å². The molecule has 4 rings (SSSR count). The van der Waals surface area contributed by atoms with Crippen LogP contribution in [0.3, 0.4) is 0 Å². The minimum Gasteiger partial charge on any atom is -0.381 e. The van der Waals surface area contributed by atoms with E-state index in [9.17, 15) is 4.79 Å². The molecule has 2 saturated heterocycles. The van der Waals surface area contributed by atoms with Gasteiger partial charge in [-0.25, -0.2) is 19.9 Å². The van der Waals surface area contributed by atoms with E-state index in [4.69, 9.17) is 4.74 Å². The quantitative estimate of drug-likeness (QED) is 0.817. The normalized spacial score (nSPS) is 18.8. The highest BCUT2D eigenvalue weighted by Crippen LogP contribution is 2.25. The lowest BCUT2D eigenvalue weighted by Crippen LogP contribution is -2.49. The van der Waals surface area contributed by atoms with Crippen LogP contribution in [-0.4, -0.2) is 70.1 Å². The molecule has 2 aliphatic rings. The lowest BCUT2D eigenvalue weighted by Gasteiger charge is -2.34. The van der Waals surface area contributed by atoms with Gasteiger partial charge in [-0.15, -0.1) is 0 Å². The second-order valence-electron chi connectivity index (χ2n) is 6.54. The van der Waals surface area contributed by atoms with Crippen LogP contribution in [0, 0.1) is 0 Å². The van der Waals surface area contributed by atoms with Crippen LogP contribution < -0.4 is 4.90 Å². The molecule has 2 aliphatic heterocycles. The lowest BCUT2D eigenvalue weighted by atomic mass is 9.96. The molecular weight excluding hydrogens is 332 g/mol. The highest BCUT2D eigenvalue weighted by molar-refractivity contribution is 5.92. The van der Waals surface area contributed by atoms with Crippen LogP contribution in [0.25, 0.3) is 0 Å². The minimum atomic E-state index is -0.0330. The van der Waals surface area contributed by atoms with Crippen molar-refractivity contribution in [3.63, 3.8) is 0 Å². The van der Waals surface area contributed by atoms with E-state index >= 15 is 0 Å². The van der Waals surface area contributed by atoms with Gasteiger partial charge in [0.1, 0.15) is 12.0 Å². The van der Waals surface area contributed by atoms with Crippen molar-refractivity contribution >= 4 is 11.9 Å². The van der Waals surface area contributed by atoms with Crippen molar-refractivity contribution < 1.29 is 9.53 Å². The van der Waals surface area contributed by atoms with Crippen molar-refractivity contribution in [2.75, 3.05) is 44.3 Å². The van der Waals surface area contributed by atoms with E-state index in [2.05, 4.69) is 24.8 Å². The van der Waals surface area contributed by atoms with Crippen molar-refractivity contribution in [2.24, 2.45) is 0 Å². The molecule has 0 saturated carbocycles. The maximum atomic E-state index is 12.8. The molecule has 0 atom stereocenters. The third kappa shape index (κ3) is 3.65. The maximum Gasteiger partial charge on any atom is 0.272 e. The summed E-state index contributed by atoms with van der Waals surface area (Å²) in [5, 5.41) is 0. The summed E-state index contributed by atoms with van der Waals surface area (Å²) >= 11 is 0. The molecule has 0 spiro atoms. The smallest absolute Gasteiger partial charge is 0.272 e. The summed E-state index contributed by atoms with van der Waals surface area (Å²) in [6.45, 7) is 4.20. The second-order valence-corrected chi connectivity index (χ2v) is 6.54. The molecule has 0 radical (unpaired) electrons. The molecular formula is C18H22N6O2. The molecule has 4 heterocycles. The van der Waals surface area contributed by atoms with E-state index in [-0.39, 0.29) is 5.91 Å². The first kappa shape index (κ1) is 16.8. The van der Waals surface area contributed by atoms with Crippen molar-refractivity contribution in [3.05, 3.63) is 42.2 Å². The van der Waals surface area contributed by atoms with Gasteiger partial charge in [-0.3, -0.25) is 4.79 Å². The van der Waals surface area contributed by atoms with Gasteiger partial charge in [-0.2, -0.15) is 0 Å². The molecule has 136 valence electrons. The van der Waals surface area contributed by atoms with Gasteiger partial charge in [-0.05, 0) is 25.0 Å². The molecule has 0 unspecified atom stereocenters. The Bertz CT molecular complexity index is 742. The van der Waals surface area contributed by atoms with Gasteiger partial charge in [0, 0.05) is 63.4 Å². The van der Waals surface area contributed by atoms with Crippen LogP contribution in [0.5, 0.6) is 0 Å². The zero-order valence-electron chi connectivity index (χ0n) is 14.6. The summed E-state index contributed by atoms with van der Waals surface area (Å²) < 4.78 is 5.41. The Kier molecular flexibility index (Phi) is 5.01. The number of carbonyl (C=O) groups excluding carboxylic acids is 1. The number of ether oxygens (including phenoxy) is 1. The van der Waals surface area contributed by atoms with Crippen molar-refractivity contribution in [1.82, 2.24) is 24.8 Å². The first-order valence-corrected chi connectivity index (χ1v) is 9.02. The minimum absolute atomic E-state index is 0.0330. The lowest BCUT2D eigenvalue weighted by molar-refractivity contribution is 0.0739. The molecule has 0 N–H and O–H groups in total. The number of carbonyl (C=O) groups is 1. The van der Waals surface area contributed by atoms with Gasteiger partial charge in [-0.1, -0.05) is 0 Å². The van der Waals surface area contributed by atoms with Gasteiger partial charge in [0.2, 0.25) is 5.95 Å². The molecule has 1 amide bonds. The highest BCUT2D eigenvalue weighted by atomic mass is 16.5. The molecule has 2 aromatic heterocycles. The first-order chi connectivity index (χ1) is 12.8. The zero-order chi connectivity index (χ0) is 17.8. The molecule has 2 aromatic rings. The molecule has 0 aromatic carbocycles. The van der Waals surface area contributed by atoms with Crippen molar-refractivity contribution in [2.45, 2.75) is 18.8 Å². The van der Waals surface area contributed by atoms with Crippen LogP contribution in [0.15, 0.2) is 30.9 Å². The van der Waals surface area contributed by atoms with Gasteiger partial charge in [0.15, 0.2) is 0 Å². The van der Waals surface area contributed by atoms with Gasteiger partial charge in [0.25, 0.3) is 5.91 Å². The number of amides is 1. The van der Waals surface area contributed by atoms with Crippen molar-refractivity contribution in [3.8, 4) is 0 Å². The Labute approximate surface area is 152 Å². The third-order valence-corrected chi connectivity index (χ3v) is 4.95. The van der Waals surface area contributed by atoms with Crippen molar-refractivity contribution in [1.29, 1.82) is 0 Å². The summed E-state index contributed by atoms with van der Waals surface area (Å²) in [5.74, 6) is 1.03. The average Bonchev–Trinajstić information content (AvgIpc) is 2.75. The summed E-state index contributed by atoms with van der Waals surface area (Å²) in [4.78, 5) is 33.9. The van der Waals surface area contributed by atoms with Crippen LogP contribution in [-0.2, 0) is 4.74 Å².